The van der Waals surface area contributed by atoms with Crippen LogP contribution in [0, 0.1) is 5.92 Å². The fourth-order valence-electron chi connectivity index (χ4n) is 8.95. The van der Waals surface area contributed by atoms with Crippen molar-refractivity contribution >= 4 is 73.0 Å². The second-order valence-electron chi connectivity index (χ2n) is 15.8. The van der Waals surface area contributed by atoms with Gasteiger partial charge in [0.2, 0.25) is 0 Å². The number of rotatable bonds is 8. The highest BCUT2D eigenvalue weighted by molar-refractivity contribution is 6.06. The molecule has 0 spiro atoms. The molecule has 0 fully saturated rings. The molecule has 4 heteroatoms. The third kappa shape index (κ3) is 6.43. The van der Waals surface area contributed by atoms with Crippen molar-refractivity contribution in [2.45, 2.75) is 25.8 Å². The number of allylic oxidation sites excluding steroid dienone is 3. The summed E-state index contributed by atoms with van der Waals surface area (Å²) in [7, 11) is 0. The van der Waals surface area contributed by atoms with E-state index in [2.05, 4.69) is 205 Å². The summed E-state index contributed by atoms with van der Waals surface area (Å²) in [6, 6.07) is 60.7. The highest BCUT2D eigenvalue weighted by Gasteiger charge is 2.23. The fraction of sp³-hybridized carbons (Fsp3) is 0.0909. The third-order valence-corrected chi connectivity index (χ3v) is 11.9. The molecular weight excluding hydrogens is 721 g/mol. The molecule has 0 amide bonds. The van der Waals surface area contributed by atoms with Gasteiger partial charge in [-0.05, 0) is 120 Å². The average Bonchev–Trinajstić information content (AvgIpc) is 3.85. The minimum absolute atomic E-state index is 0.153. The molecule has 0 aliphatic heterocycles. The molecular formula is C55H42N2O2. The van der Waals surface area contributed by atoms with E-state index in [-0.39, 0.29) is 6.04 Å². The molecule has 0 saturated carbocycles. The fourth-order valence-corrected chi connectivity index (χ4v) is 8.95. The van der Waals surface area contributed by atoms with Gasteiger partial charge in [0, 0.05) is 56.6 Å². The molecule has 9 aromatic rings. The van der Waals surface area contributed by atoms with Gasteiger partial charge in [-0.15, -0.1) is 0 Å². The largest absolute Gasteiger partial charge is 0.460 e. The van der Waals surface area contributed by atoms with Gasteiger partial charge in [-0.2, -0.15) is 0 Å². The average molecular weight is 763 g/mol. The molecule has 284 valence electrons. The highest BCUT2D eigenvalue weighted by Crippen LogP contribution is 2.41. The second kappa shape index (κ2) is 14.6. The van der Waals surface area contributed by atoms with E-state index >= 15 is 0 Å². The molecule has 2 atom stereocenters. The number of anilines is 5. The Morgan fingerprint density at radius 2 is 1.14 bits per heavy atom. The number of nitrogens with zero attached hydrogens (tertiary/aromatic N) is 2. The van der Waals surface area contributed by atoms with Gasteiger partial charge in [0.05, 0.1) is 6.04 Å². The van der Waals surface area contributed by atoms with Gasteiger partial charge < -0.3 is 18.6 Å². The Morgan fingerprint density at radius 1 is 0.475 bits per heavy atom. The first-order valence-corrected chi connectivity index (χ1v) is 20.6. The van der Waals surface area contributed by atoms with Gasteiger partial charge >= 0.3 is 0 Å². The zero-order valence-electron chi connectivity index (χ0n) is 32.8. The van der Waals surface area contributed by atoms with E-state index in [0.717, 1.165) is 79.9 Å². The monoisotopic (exact) mass is 762 g/mol. The number of hydrogen-bond acceptors (Lipinski definition) is 4. The molecule has 11 rings (SSSR count). The van der Waals surface area contributed by atoms with Crippen LogP contribution in [0.5, 0.6) is 0 Å². The molecule has 4 nitrogen and oxygen atoms in total. The summed E-state index contributed by atoms with van der Waals surface area (Å²) < 4.78 is 12.5. The van der Waals surface area contributed by atoms with Crippen LogP contribution in [0.2, 0.25) is 0 Å². The Kier molecular flexibility index (Phi) is 8.62. The van der Waals surface area contributed by atoms with Crippen molar-refractivity contribution in [3.05, 3.63) is 211 Å². The van der Waals surface area contributed by atoms with Crippen LogP contribution in [0.4, 0.5) is 28.4 Å². The van der Waals surface area contributed by atoms with E-state index in [1.807, 2.05) is 12.1 Å². The summed E-state index contributed by atoms with van der Waals surface area (Å²) in [4.78, 5) is 4.77. The Balaban J connectivity index is 0.874. The van der Waals surface area contributed by atoms with Crippen LogP contribution < -0.4 is 9.80 Å². The lowest BCUT2D eigenvalue weighted by Crippen LogP contribution is -2.30. The van der Waals surface area contributed by atoms with E-state index in [1.54, 1.807) is 0 Å². The normalized spacial score (nSPS) is 16.1. The SMILES string of the molecule is C[C@H]1C=Cc2c(oc3ccc(N(c4ccccc4)c4ccc(-c5cccc(C6=CCC(N(c7ccccc7)c7ccc8oc9ccccc9c8c7)C=C6)c5)cc4)cc23)C1. The molecule has 0 saturated heterocycles. The second-order valence-corrected chi connectivity index (χ2v) is 15.8. The van der Waals surface area contributed by atoms with Crippen LogP contribution in [-0.2, 0) is 6.42 Å². The topological polar surface area (TPSA) is 32.8 Å². The zero-order chi connectivity index (χ0) is 39.3. The smallest absolute Gasteiger partial charge is 0.135 e. The minimum atomic E-state index is 0.153. The lowest BCUT2D eigenvalue weighted by molar-refractivity contribution is 0.513. The maximum Gasteiger partial charge on any atom is 0.135 e. The van der Waals surface area contributed by atoms with Crippen molar-refractivity contribution in [2.24, 2.45) is 5.92 Å². The molecule has 1 unspecified atom stereocenters. The molecule has 2 aliphatic rings. The van der Waals surface area contributed by atoms with Crippen molar-refractivity contribution < 1.29 is 8.83 Å². The molecule has 0 radical (unpaired) electrons. The van der Waals surface area contributed by atoms with Gasteiger partial charge in [-0.3, -0.25) is 0 Å². The maximum atomic E-state index is 6.32. The zero-order valence-corrected chi connectivity index (χ0v) is 32.8. The predicted molar refractivity (Wildman–Crippen MR) is 246 cm³/mol. The lowest BCUT2D eigenvalue weighted by Gasteiger charge is -2.33. The molecule has 2 aromatic heterocycles. The summed E-state index contributed by atoms with van der Waals surface area (Å²) in [6.45, 7) is 2.24. The van der Waals surface area contributed by atoms with Gasteiger partial charge in [0.25, 0.3) is 0 Å². The first-order chi connectivity index (χ1) is 29.1. The molecule has 7 aromatic carbocycles. The first-order valence-electron chi connectivity index (χ1n) is 20.6. The Morgan fingerprint density at radius 3 is 1.93 bits per heavy atom. The van der Waals surface area contributed by atoms with Crippen molar-refractivity contribution in [2.75, 3.05) is 9.80 Å². The van der Waals surface area contributed by atoms with Crippen molar-refractivity contribution in [3.63, 3.8) is 0 Å². The Hall–Kier alpha value is -7.30. The number of hydrogen-bond donors (Lipinski definition) is 0. The summed E-state index contributed by atoms with van der Waals surface area (Å²) in [5, 5.41) is 3.43. The molecule has 0 N–H and O–H groups in total. The highest BCUT2D eigenvalue weighted by atomic mass is 16.3. The Bertz CT molecular complexity index is 3080. The summed E-state index contributed by atoms with van der Waals surface area (Å²) in [6.07, 6.45) is 13.4. The van der Waals surface area contributed by atoms with Crippen LogP contribution in [0.25, 0.3) is 55.7 Å². The Labute approximate surface area is 344 Å². The summed E-state index contributed by atoms with van der Waals surface area (Å²) >= 11 is 0. The summed E-state index contributed by atoms with van der Waals surface area (Å²) in [5.41, 5.74) is 14.4. The maximum absolute atomic E-state index is 6.32. The van der Waals surface area contributed by atoms with E-state index in [4.69, 9.17) is 8.83 Å². The van der Waals surface area contributed by atoms with E-state index in [0.29, 0.717) is 5.92 Å². The van der Waals surface area contributed by atoms with Gasteiger partial charge in [-0.25, -0.2) is 0 Å². The van der Waals surface area contributed by atoms with Crippen LogP contribution in [0.3, 0.4) is 0 Å². The van der Waals surface area contributed by atoms with Crippen molar-refractivity contribution in [3.8, 4) is 11.1 Å². The van der Waals surface area contributed by atoms with Crippen molar-refractivity contribution in [1.82, 2.24) is 0 Å². The number of para-hydroxylation sites is 3. The standard InChI is InChI=1S/C55H42N2O2/c1-37-19-30-49-51-36-47(29-32-54(51)59-55(49)33-37)57(43-15-6-3-7-16-43)45-26-22-39(23-27-45)41-12-10-11-40(34-41)38-20-24-44(25-21-38)56(42-13-4-2-5-14-42)46-28-31-53-50(35-46)48-17-8-9-18-52(48)58-53/h2-24,26-32,34-37,44H,25,33H2,1H3/t37-,44?/m0/s1. The third-order valence-electron chi connectivity index (χ3n) is 11.9. The van der Waals surface area contributed by atoms with E-state index < -0.39 is 0 Å². The lowest BCUT2D eigenvalue weighted by atomic mass is 9.93. The molecule has 59 heavy (non-hydrogen) atoms. The minimum Gasteiger partial charge on any atom is -0.460 e. The number of fused-ring (bicyclic) bond motifs is 6. The van der Waals surface area contributed by atoms with Gasteiger partial charge in [0.1, 0.15) is 22.5 Å². The predicted octanol–water partition coefficient (Wildman–Crippen LogP) is 15.2. The van der Waals surface area contributed by atoms with Gasteiger partial charge in [-0.1, -0.05) is 122 Å². The van der Waals surface area contributed by atoms with Crippen molar-refractivity contribution in [1.29, 1.82) is 0 Å². The van der Waals surface area contributed by atoms with Crippen LogP contribution in [0.15, 0.2) is 203 Å². The number of furan rings is 2. The van der Waals surface area contributed by atoms with E-state index in [1.165, 1.54) is 27.8 Å². The van der Waals surface area contributed by atoms with Crippen LogP contribution in [-0.4, -0.2) is 6.04 Å². The quantitative estimate of drug-likeness (QED) is 0.154. The first kappa shape index (κ1) is 34.9. The van der Waals surface area contributed by atoms with Crippen LogP contribution >= 0.6 is 0 Å². The molecule has 2 heterocycles. The van der Waals surface area contributed by atoms with Crippen LogP contribution in [0.1, 0.15) is 30.2 Å². The summed E-state index contributed by atoms with van der Waals surface area (Å²) in [5.74, 6) is 1.56. The molecule has 2 aliphatic carbocycles. The molecule has 0 bridgehead atoms. The van der Waals surface area contributed by atoms with Gasteiger partial charge in [0.15, 0.2) is 0 Å². The van der Waals surface area contributed by atoms with E-state index in [9.17, 15) is 0 Å². The number of benzene rings is 7.